The standard InChI is InChI=1S/C9H6FNO2.C9H10FNO2/c1-11-6-3-4-8(10)7(5-6)9(12)13-2;1-13-9(12)7-4-6(5-11)2-3-8(7)10/h3-5H,2H3;2-4H,5,11H2,1H3. The van der Waals surface area contributed by atoms with Crippen molar-refractivity contribution in [3.05, 3.63) is 76.1 Å². The van der Waals surface area contributed by atoms with Crippen LogP contribution < -0.4 is 5.73 Å². The van der Waals surface area contributed by atoms with Gasteiger partial charge in [0.05, 0.1) is 31.9 Å². The quantitative estimate of drug-likeness (QED) is 0.669. The fourth-order valence-corrected chi connectivity index (χ4v) is 1.81. The minimum Gasteiger partial charge on any atom is -0.465 e. The molecule has 2 aromatic carbocycles. The zero-order valence-corrected chi connectivity index (χ0v) is 14.1. The van der Waals surface area contributed by atoms with Gasteiger partial charge in [-0.05, 0) is 29.8 Å². The number of esters is 2. The molecule has 0 unspecified atom stereocenters. The number of carbonyl (C=O) groups is 2. The van der Waals surface area contributed by atoms with Crippen LogP contribution in [0.25, 0.3) is 4.85 Å². The molecule has 0 saturated carbocycles. The summed E-state index contributed by atoms with van der Waals surface area (Å²) >= 11 is 0. The molecule has 0 aliphatic rings. The molecule has 8 heteroatoms. The Morgan fingerprint density at radius 3 is 1.96 bits per heavy atom. The van der Waals surface area contributed by atoms with Gasteiger partial charge in [-0.25, -0.2) is 23.2 Å². The monoisotopic (exact) mass is 362 g/mol. The van der Waals surface area contributed by atoms with Crippen molar-refractivity contribution in [3.8, 4) is 0 Å². The first-order chi connectivity index (χ1) is 12.4. The number of nitrogens with two attached hydrogens (primary N) is 1. The molecule has 26 heavy (non-hydrogen) atoms. The Kier molecular flexibility index (Phi) is 7.86. The third-order valence-corrected chi connectivity index (χ3v) is 3.16. The van der Waals surface area contributed by atoms with E-state index >= 15 is 0 Å². The van der Waals surface area contributed by atoms with Crippen LogP contribution >= 0.6 is 0 Å². The summed E-state index contributed by atoms with van der Waals surface area (Å²) in [7, 11) is 2.36. The molecule has 2 aromatic rings. The molecular formula is C18H16F2N2O4. The molecule has 0 spiro atoms. The van der Waals surface area contributed by atoms with Crippen LogP contribution in [0, 0.1) is 18.2 Å². The second-order valence-corrected chi connectivity index (χ2v) is 4.78. The van der Waals surface area contributed by atoms with Gasteiger partial charge in [0, 0.05) is 6.54 Å². The van der Waals surface area contributed by atoms with E-state index < -0.39 is 23.6 Å². The van der Waals surface area contributed by atoms with Crippen molar-refractivity contribution < 1.29 is 27.8 Å². The van der Waals surface area contributed by atoms with E-state index in [0.717, 1.165) is 19.2 Å². The Balaban J connectivity index is 0.000000260. The van der Waals surface area contributed by atoms with Gasteiger partial charge in [0.2, 0.25) is 0 Å². The molecule has 0 aromatic heterocycles. The van der Waals surface area contributed by atoms with E-state index in [1.807, 2.05) is 0 Å². The molecule has 6 nitrogen and oxygen atoms in total. The first-order valence-corrected chi connectivity index (χ1v) is 7.20. The third-order valence-electron chi connectivity index (χ3n) is 3.16. The highest BCUT2D eigenvalue weighted by Crippen LogP contribution is 2.17. The normalized spacial score (nSPS) is 9.38. The largest absolute Gasteiger partial charge is 0.465 e. The Labute approximate surface area is 149 Å². The van der Waals surface area contributed by atoms with E-state index in [4.69, 9.17) is 12.3 Å². The number of halogens is 2. The summed E-state index contributed by atoms with van der Waals surface area (Å²) in [6.07, 6.45) is 0. The summed E-state index contributed by atoms with van der Waals surface area (Å²) in [5.74, 6) is -2.74. The minimum absolute atomic E-state index is 0.0783. The van der Waals surface area contributed by atoms with E-state index in [1.165, 1.54) is 31.4 Å². The third kappa shape index (κ3) is 5.36. The lowest BCUT2D eigenvalue weighted by Gasteiger charge is -2.02. The summed E-state index contributed by atoms with van der Waals surface area (Å²) in [6.45, 7) is 6.93. The highest BCUT2D eigenvalue weighted by atomic mass is 19.1. The summed E-state index contributed by atoms with van der Waals surface area (Å²) < 4.78 is 34.7. The number of methoxy groups -OCH3 is 2. The van der Waals surface area contributed by atoms with Gasteiger partial charge in [-0.15, -0.1) is 0 Å². The van der Waals surface area contributed by atoms with E-state index in [2.05, 4.69) is 14.3 Å². The lowest BCUT2D eigenvalue weighted by atomic mass is 10.1. The average Bonchev–Trinajstić information content (AvgIpc) is 2.68. The van der Waals surface area contributed by atoms with Gasteiger partial charge in [-0.2, -0.15) is 0 Å². The maximum Gasteiger partial charge on any atom is 0.340 e. The molecule has 136 valence electrons. The Bertz CT molecular complexity index is 848. The smallest absolute Gasteiger partial charge is 0.340 e. The molecule has 0 aliphatic heterocycles. The molecule has 0 saturated heterocycles. The summed E-state index contributed by atoms with van der Waals surface area (Å²) in [5, 5.41) is 0. The van der Waals surface area contributed by atoms with Gasteiger partial charge >= 0.3 is 11.9 Å². The van der Waals surface area contributed by atoms with Crippen molar-refractivity contribution in [1.29, 1.82) is 0 Å². The highest BCUT2D eigenvalue weighted by Gasteiger charge is 2.12. The van der Waals surface area contributed by atoms with Gasteiger partial charge in [-0.3, -0.25) is 0 Å². The highest BCUT2D eigenvalue weighted by molar-refractivity contribution is 5.91. The molecule has 0 heterocycles. The van der Waals surface area contributed by atoms with Crippen LogP contribution in [-0.4, -0.2) is 26.2 Å². The average molecular weight is 362 g/mol. The predicted molar refractivity (Wildman–Crippen MR) is 89.6 cm³/mol. The van der Waals surface area contributed by atoms with Gasteiger partial charge in [0.25, 0.3) is 0 Å². The van der Waals surface area contributed by atoms with Gasteiger partial charge < -0.3 is 15.2 Å². The number of hydrogen-bond donors (Lipinski definition) is 1. The minimum atomic E-state index is -0.775. The maximum absolute atomic E-state index is 13.0. The second-order valence-electron chi connectivity index (χ2n) is 4.78. The number of carbonyl (C=O) groups excluding carboxylic acids is 2. The number of ether oxygens (including phenoxy) is 2. The zero-order chi connectivity index (χ0) is 19.7. The van der Waals surface area contributed by atoms with E-state index in [0.29, 0.717) is 5.56 Å². The first kappa shape index (κ1) is 20.7. The summed E-state index contributed by atoms with van der Waals surface area (Å²) in [5.41, 5.74) is 5.95. The predicted octanol–water partition coefficient (Wildman–Crippen LogP) is 3.23. The van der Waals surface area contributed by atoms with Crippen molar-refractivity contribution in [3.63, 3.8) is 0 Å². The van der Waals surface area contributed by atoms with E-state index in [-0.39, 0.29) is 23.4 Å². The molecule has 0 radical (unpaired) electrons. The van der Waals surface area contributed by atoms with Crippen LogP contribution in [0.5, 0.6) is 0 Å². The Morgan fingerprint density at radius 1 is 1.00 bits per heavy atom. The van der Waals surface area contributed by atoms with Crippen LogP contribution in [0.3, 0.4) is 0 Å². The van der Waals surface area contributed by atoms with E-state index in [9.17, 15) is 18.4 Å². The molecular weight excluding hydrogens is 346 g/mol. The van der Waals surface area contributed by atoms with Gasteiger partial charge in [-0.1, -0.05) is 12.1 Å². The van der Waals surface area contributed by atoms with Crippen LogP contribution in [0.2, 0.25) is 0 Å². The number of hydrogen-bond acceptors (Lipinski definition) is 5. The Hall–Kier alpha value is -3.31. The first-order valence-electron chi connectivity index (χ1n) is 7.20. The van der Waals surface area contributed by atoms with Crippen molar-refractivity contribution in [1.82, 2.24) is 0 Å². The maximum atomic E-state index is 13.0. The molecule has 0 amide bonds. The Morgan fingerprint density at radius 2 is 1.50 bits per heavy atom. The van der Waals surface area contributed by atoms with Crippen molar-refractivity contribution in [2.45, 2.75) is 6.54 Å². The van der Waals surface area contributed by atoms with Crippen LogP contribution in [0.1, 0.15) is 26.3 Å². The summed E-state index contributed by atoms with van der Waals surface area (Å²) in [4.78, 5) is 25.0. The number of rotatable bonds is 3. The molecule has 0 bridgehead atoms. The molecule has 0 aliphatic carbocycles. The van der Waals surface area contributed by atoms with E-state index in [1.54, 1.807) is 0 Å². The topological polar surface area (TPSA) is 83.0 Å². The second kappa shape index (κ2) is 9.86. The van der Waals surface area contributed by atoms with Crippen LogP contribution in [0.4, 0.5) is 14.5 Å². The number of nitrogens with zero attached hydrogens (tertiary/aromatic N) is 1. The number of benzene rings is 2. The lowest BCUT2D eigenvalue weighted by molar-refractivity contribution is 0.0586. The fraction of sp³-hybridized carbons (Fsp3) is 0.167. The molecule has 0 fully saturated rings. The molecule has 0 atom stereocenters. The molecule has 2 rings (SSSR count). The fourth-order valence-electron chi connectivity index (χ4n) is 1.81. The van der Waals surface area contributed by atoms with Crippen molar-refractivity contribution >= 4 is 17.6 Å². The van der Waals surface area contributed by atoms with Gasteiger partial charge in [0.15, 0.2) is 5.69 Å². The van der Waals surface area contributed by atoms with Crippen molar-refractivity contribution in [2.24, 2.45) is 5.73 Å². The van der Waals surface area contributed by atoms with Crippen LogP contribution in [0.15, 0.2) is 36.4 Å². The van der Waals surface area contributed by atoms with Crippen molar-refractivity contribution in [2.75, 3.05) is 14.2 Å². The van der Waals surface area contributed by atoms with Gasteiger partial charge in [0.1, 0.15) is 11.6 Å². The zero-order valence-electron chi connectivity index (χ0n) is 14.1. The lowest BCUT2D eigenvalue weighted by Crippen LogP contribution is -2.06. The summed E-state index contributed by atoms with van der Waals surface area (Å²) in [6, 6.07) is 7.65. The van der Waals surface area contributed by atoms with Crippen LogP contribution in [-0.2, 0) is 16.0 Å². The SMILES string of the molecule is COC(=O)c1cc(CN)ccc1F.[C-]#[N+]c1ccc(F)c(C(=O)OC)c1. The molecule has 2 N–H and O–H groups in total.